The first-order chi connectivity index (χ1) is 11.6. The number of fused-ring (bicyclic) bond motifs is 1. The lowest BCUT2D eigenvalue weighted by Gasteiger charge is -2.09. The zero-order valence-corrected chi connectivity index (χ0v) is 13.0. The molecular formula is C19H15NO4. The third-order valence-electron chi connectivity index (χ3n) is 3.80. The summed E-state index contributed by atoms with van der Waals surface area (Å²) >= 11 is 0. The summed E-state index contributed by atoms with van der Waals surface area (Å²) in [5.41, 5.74) is 1.85. The maximum Gasteiger partial charge on any atom is 0.345 e. The van der Waals surface area contributed by atoms with Gasteiger partial charge in [0.15, 0.2) is 6.29 Å². The molecule has 0 aliphatic carbocycles. The number of ether oxygens (including phenoxy) is 1. The fourth-order valence-electron chi connectivity index (χ4n) is 2.50. The number of esters is 1. The summed E-state index contributed by atoms with van der Waals surface area (Å²) < 4.78 is 5.28. The maximum atomic E-state index is 12.4. The van der Waals surface area contributed by atoms with Crippen LogP contribution in [0.15, 0.2) is 48.7 Å². The second kappa shape index (κ2) is 6.60. The van der Waals surface area contributed by atoms with Gasteiger partial charge in [-0.15, -0.1) is 0 Å². The Hall–Kier alpha value is -3.05. The van der Waals surface area contributed by atoms with E-state index in [-0.39, 0.29) is 18.1 Å². The SMILES string of the molecule is Cc1cc2ccccc2cc1C(=O)Oc1cc(C=O)c(CO)cn1. The number of aromatic nitrogens is 1. The molecule has 0 aliphatic heterocycles. The summed E-state index contributed by atoms with van der Waals surface area (Å²) in [4.78, 5) is 27.4. The molecule has 0 amide bonds. The molecule has 0 bridgehead atoms. The number of carbonyl (C=O) groups excluding carboxylic acids is 2. The average molecular weight is 321 g/mol. The van der Waals surface area contributed by atoms with Gasteiger partial charge in [-0.05, 0) is 29.3 Å². The Morgan fingerprint density at radius 2 is 1.92 bits per heavy atom. The van der Waals surface area contributed by atoms with Crippen LogP contribution in [0.25, 0.3) is 10.8 Å². The van der Waals surface area contributed by atoms with E-state index < -0.39 is 5.97 Å². The highest BCUT2D eigenvalue weighted by atomic mass is 16.5. The Bertz CT molecular complexity index is 934. The Morgan fingerprint density at radius 1 is 1.21 bits per heavy atom. The van der Waals surface area contributed by atoms with Gasteiger partial charge in [0.05, 0.1) is 12.2 Å². The van der Waals surface area contributed by atoms with Crippen LogP contribution in [0.4, 0.5) is 0 Å². The molecule has 1 aromatic heterocycles. The molecule has 120 valence electrons. The van der Waals surface area contributed by atoms with Crippen molar-refractivity contribution < 1.29 is 19.4 Å². The van der Waals surface area contributed by atoms with Crippen molar-refractivity contribution in [2.24, 2.45) is 0 Å². The zero-order valence-electron chi connectivity index (χ0n) is 13.0. The second-order valence-corrected chi connectivity index (χ2v) is 5.40. The lowest BCUT2D eigenvalue weighted by Crippen LogP contribution is -2.12. The molecule has 5 heteroatoms. The number of pyridine rings is 1. The van der Waals surface area contributed by atoms with Gasteiger partial charge in [-0.3, -0.25) is 4.79 Å². The minimum atomic E-state index is -0.542. The number of hydrogen-bond donors (Lipinski definition) is 1. The van der Waals surface area contributed by atoms with Gasteiger partial charge in [0.25, 0.3) is 0 Å². The van der Waals surface area contributed by atoms with E-state index in [0.29, 0.717) is 17.4 Å². The Balaban J connectivity index is 1.92. The molecule has 0 saturated carbocycles. The average Bonchev–Trinajstić information content (AvgIpc) is 2.60. The highest BCUT2D eigenvalue weighted by molar-refractivity contribution is 5.98. The summed E-state index contributed by atoms with van der Waals surface area (Å²) in [5, 5.41) is 11.1. The van der Waals surface area contributed by atoms with E-state index in [2.05, 4.69) is 4.98 Å². The van der Waals surface area contributed by atoms with Gasteiger partial charge in [-0.25, -0.2) is 9.78 Å². The van der Waals surface area contributed by atoms with Crippen molar-refractivity contribution in [3.8, 4) is 5.88 Å². The molecule has 0 atom stereocenters. The van der Waals surface area contributed by atoms with Gasteiger partial charge in [0.1, 0.15) is 0 Å². The Labute approximate surface area is 138 Å². The minimum Gasteiger partial charge on any atom is -0.404 e. The van der Waals surface area contributed by atoms with Crippen LogP contribution in [-0.2, 0) is 6.61 Å². The lowest BCUT2D eigenvalue weighted by atomic mass is 10.0. The second-order valence-electron chi connectivity index (χ2n) is 5.40. The van der Waals surface area contributed by atoms with E-state index in [1.54, 1.807) is 6.07 Å². The third-order valence-corrected chi connectivity index (χ3v) is 3.80. The monoisotopic (exact) mass is 321 g/mol. The summed E-state index contributed by atoms with van der Waals surface area (Å²) in [5.74, 6) is -0.522. The molecule has 0 fully saturated rings. The van der Waals surface area contributed by atoms with Crippen molar-refractivity contribution in [1.29, 1.82) is 0 Å². The standard InChI is InChI=1S/C19H15NO4/c1-12-6-13-4-2-3-5-14(13)7-17(12)19(23)24-18-8-15(10-21)16(11-22)9-20-18/h2-10,22H,11H2,1H3. The number of aliphatic hydroxyl groups excluding tert-OH is 1. The molecular weight excluding hydrogens is 306 g/mol. The molecule has 3 aromatic rings. The number of aliphatic hydroxyl groups is 1. The number of nitrogens with zero attached hydrogens (tertiary/aromatic N) is 1. The molecule has 1 heterocycles. The van der Waals surface area contributed by atoms with Crippen LogP contribution >= 0.6 is 0 Å². The predicted octanol–water partition coefficient (Wildman–Crippen LogP) is 3.07. The van der Waals surface area contributed by atoms with Gasteiger partial charge >= 0.3 is 5.97 Å². The number of aldehydes is 1. The largest absolute Gasteiger partial charge is 0.404 e. The lowest BCUT2D eigenvalue weighted by molar-refractivity contribution is 0.0726. The maximum absolute atomic E-state index is 12.4. The molecule has 24 heavy (non-hydrogen) atoms. The van der Waals surface area contributed by atoms with Crippen LogP contribution in [0.2, 0.25) is 0 Å². The van der Waals surface area contributed by atoms with E-state index in [1.807, 2.05) is 37.3 Å². The van der Waals surface area contributed by atoms with Crippen LogP contribution in [0.5, 0.6) is 5.88 Å². The predicted molar refractivity (Wildman–Crippen MR) is 89.2 cm³/mol. The van der Waals surface area contributed by atoms with Gasteiger partial charge in [0, 0.05) is 23.4 Å². The van der Waals surface area contributed by atoms with E-state index in [1.165, 1.54) is 12.3 Å². The third kappa shape index (κ3) is 3.02. The molecule has 0 radical (unpaired) electrons. The highest BCUT2D eigenvalue weighted by Crippen LogP contribution is 2.21. The van der Waals surface area contributed by atoms with Gasteiger partial charge in [-0.1, -0.05) is 30.3 Å². The quantitative estimate of drug-likeness (QED) is 0.590. The molecule has 0 spiro atoms. The zero-order chi connectivity index (χ0) is 17.1. The summed E-state index contributed by atoms with van der Waals surface area (Å²) in [6.07, 6.45) is 1.91. The molecule has 2 aromatic carbocycles. The normalized spacial score (nSPS) is 10.6. The van der Waals surface area contributed by atoms with Crippen molar-refractivity contribution in [2.45, 2.75) is 13.5 Å². The van der Waals surface area contributed by atoms with Crippen LogP contribution in [0.1, 0.15) is 31.8 Å². The number of carbonyl (C=O) groups is 2. The first kappa shape index (κ1) is 15.8. The van der Waals surface area contributed by atoms with Crippen molar-refractivity contribution in [2.75, 3.05) is 0 Å². The molecule has 5 nitrogen and oxygen atoms in total. The molecule has 3 rings (SSSR count). The fraction of sp³-hybridized carbons (Fsp3) is 0.105. The highest BCUT2D eigenvalue weighted by Gasteiger charge is 2.14. The number of benzene rings is 2. The Kier molecular flexibility index (Phi) is 4.35. The van der Waals surface area contributed by atoms with Crippen molar-refractivity contribution in [1.82, 2.24) is 4.98 Å². The smallest absolute Gasteiger partial charge is 0.345 e. The molecule has 0 unspecified atom stereocenters. The van der Waals surface area contributed by atoms with Gasteiger partial charge < -0.3 is 9.84 Å². The number of rotatable bonds is 4. The first-order valence-electron chi connectivity index (χ1n) is 7.39. The Morgan fingerprint density at radius 3 is 2.58 bits per heavy atom. The van der Waals surface area contributed by atoms with E-state index in [9.17, 15) is 9.59 Å². The van der Waals surface area contributed by atoms with E-state index >= 15 is 0 Å². The topological polar surface area (TPSA) is 76.5 Å². The summed E-state index contributed by atoms with van der Waals surface area (Å²) in [7, 11) is 0. The van der Waals surface area contributed by atoms with Crippen LogP contribution in [0, 0.1) is 6.92 Å². The van der Waals surface area contributed by atoms with Crippen molar-refractivity contribution >= 4 is 23.0 Å². The van der Waals surface area contributed by atoms with Crippen LogP contribution < -0.4 is 4.74 Å². The van der Waals surface area contributed by atoms with Crippen LogP contribution in [0.3, 0.4) is 0 Å². The van der Waals surface area contributed by atoms with E-state index in [0.717, 1.165) is 16.3 Å². The number of hydrogen-bond acceptors (Lipinski definition) is 5. The summed E-state index contributed by atoms with van der Waals surface area (Å²) in [6.45, 7) is 1.53. The number of aryl methyl sites for hydroxylation is 1. The summed E-state index contributed by atoms with van der Waals surface area (Å²) in [6, 6.07) is 12.8. The van der Waals surface area contributed by atoms with Crippen LogP contribution in [-0.4, -0.2) is 22.3 Å². The molecule has 1 N–H and O–H groups in total. The van der Waals surface area contributed by atoms with E-state index in [4.69, 9.17) is 9.84 Å². The first-order valence-corrected chi connectivity index (χ1v) is 7.39. The van der Waals surface area contributed by atoms with Crippen molar-refractivity contribution in [3.63, 3.8) is 0 Å². The van der Waals surface area contributed by atoms with Gasteiger partial charge in [-0.2, -0.15) is 0 Å². The molecule has 0 aliphatic rings. The van der Waals surface area contributed by atoms with Gasteiger partial charge in [0.2, 0.25) is 5.88 Å². The fourth-order valence-corrected chi connectivity index (χ4v) is 2.50. The molecule has 0 saturated heterocycles. The van der Waals surface area contributed by atoms with Crippen molar-refractivity contribution in [3.05, 3.63) is 70.9 Å². The minimum absolute atomic E-state index is 0.0202.